The van der Waals surface area contributed by atoms with Crippen molar-refractivity contribution in [1.82, 2.24) is 19.9 Å². The van der Waals surface area contributed by atoms with E-state index in [9.17, 15) is 4.79 Å². The van der Waals surface area contributed by atoms with Gasteiger partial charge in [-0.1, -0.05) is 6.07 Å². The molecule has 0 N–H and O–H groups in total. The lowest BCUT2D eigenvalue weighted by Gasteiger charge is -2.48. The fraction of sp³-hybridized carbons (Fsp3) is 0.524. The van der Waals surface area contributed by atoms with Crippen molar-refractivity contribution in [1.29, 1.82) is 0 Å². The van der Waals surface area contributed by atoms with Crippen LogP contribution in [0.15, 0.2) is 30.7 Å². The predicted octanol–water partition coefficient (Wildman–Crippen LogP) is 2.90. The van der Waals surface area contributed by atoms with E-state index in [0.717, 1.165) is 49.7 Å². The summed E-state index contributed by atoms with van der Waals surface area (Å²) in [6, 6.07) is 4.23. The molecule has 1 spiro atoms. The molecule has 4 heterocycles. The van der Waals surface area contributed by atoms with Crippen molar-refractivity contribution >= 4 is 11.7 Å². The van der Waals surface area contributed by atoms with Crippen molar-refractivity contribution in [2.75, 3.05) is 24.5 Å². The average molecular weight is 365 g/mol. The molecule has 2 aromatic heterocycles. The monoisotopic (exact) mass is 365 g/mol. The maximum atomic E-state index is 12.5. The van der Waals surface area contributed by atoms with Crippen LogP contribution in [0.5, 0.6) is 0 Å². The third kappa shape index (κ3) is 3.94. The number of rotatable bonds is 3. The molecule has 2 aromatic rings. The predicted molar refractivity (Wildman–Crippen MR) is 104 cm³/mol. The highest BCUT2D eigenvalue weighted by Crippen LogP contribution is 2.40. The minimum Gasteiger partial charge on any atom is -0.356 e. The van der Waals surface area contributed by atoms with Gasteiger partial charge in [-0.15, -0.1) is 0 Å². The Morgan fingerprint density at radius 1 is 1.04 bits per heavy atom. The van der Waals surface area contributed by atoms with E-state index in [1.165, 1.54) is 12.0 Å². The number of hydrogen-bond acceptors (Lipinski definition) is 5. The highest BCUT2D eigenvalue weighted by atomic mass is 16.2. The topological polar surface area (TPSA) is 62.2 Å². The van der Waals surface area contributed by atoms with Crippen molar-refractivity contribution < 1.29 is 4.79 Å². The van der Waals surface area contributed by atoms with Gasteiger partial charge in [-0.05, 0) is 44.7 Å². The Labute approximate surface area is 160 Å². The number of anilines is 1. The summed E-state index contributed by atoms with van der Waals surface area (Å²) in [5, 5.41) is 0. The van der Waals surface area contributed by atoms with Gasteiger partial charge in [-0.3, -0.25) is 14.8 Å². The van der Waals surface area contributed by atoms with Crippen LogP contribution in [0.1, 0.15) is 42.6 Å². The van der Waals surface area contributed by atoms with Gasteiger partial charge in [-0.2, -0.15) is 0 Å². The summed E-state index contributed by atoms with van der Waals surface area (Å²) in [6.07, 6.45) is 9.38. The molecule has 1 atom stereocenters. The van der Waals surface area contributed by atoms with Crippen molar-refractivity contribution in [2.45, 2.75) is 46.1 Å². The van der Waals surface area contributed by atoms with E-state index in [-0.39, 0.29) is 11.3 Å². The molecule has 0 aliphatic carbocycles. The molecule has 1 amide bonds. The molecule has 0 bridgehead atoms. The summed E-state index contributed by atoms with van der Waals surface area (Å²) >= 11 is 0. The van der Waals surface area contributed by atoms with Crippen LogP contribution in [0.3, 0.4) is 0 Å². The summed E-state index contributed by atoms with van der Waals surface area (Å²) in [7, 11) is 0. The second-order valence-electron chi connectivity index (χ2n) is 8.12. The van der Waals surface area contributed by atoms with Crippen LogP contribution in [-0.4, -0.2) is 45.4 Å². The normalized spacial score (nSPS) is 23.1. The van der Waals surface area contributed by atoms with Gasteiger partial charge >= 0.3 is 0 Å². The van der Waals surface area contributed by atoms with E-state index >= 15 is 0 Å². The number of piperidine rings is 2. The summed E-state index contributed by atoms with van der Waals surface area (Å²) in [5.74, 6) is 1.28. The molecule has 2 aliphatic rings. The number of aromatic nitrogens is 3. The third-order valence-corrected chi connectivity index (χ3v) is 5.82. The van der Waals surface area contributed by atoms with Crippen molar-refractivity contribution in [2.24, 2.45) is 5.41 Å². The molecule has 2 aliphatic heterocycles. The number of carbonyl (C=O) groups excluding carboxylic acids is 1. The number of carbonyl (C=O) groups is 1. The molecule has 142 valence electrons. The number of hydrogen-bond donors (Lipinski definition) is 0. The lowest BCUT2D eigenvalue weighted by molar-refractivity contribution is -0.138. The number of aryl methyl sites for hydroxylation is 2. The van der Waals surface area contributed by atoms with Gasteiger partial charge in [0.2, 0.25) is 5.91 Å². The van der Waals surface area contributed by atoms with Crippen LogP contribution in [0, 0.1) is 19.3 Å². The molecule has 6 heteroatoms. The molecule has 2 fully saturated rings. The molecule has 0 aromatic carbocycles. The Hall–Kier alpha value is -2.50. The Bertz CT molecular complexity index is 804. The molecule has 4 rings (SSSR count). The first-order valence-corrected chi connectivity index (χ1v) is 9.76. The zero-order chi connectivity index (χ0) is 18.9. The van der Waals surface area contributed by atoms with E-state index in [0.29, 0.717) is 13.0 Å². The maximum absolute atomic E-state index is 12.5. The van der Waals surface area contributed by atoms with Crippen LogP contribution in [0.4, 0.5) is 5.82 Å². The van der Waals surface area contributed by atoms with Crippen LogP contribution < -0.4 is 4.90 Å². The average Bonchev–Trinajstić information content (AvgIpc) is 2.67. The minimum atomic E-state index is 0.150. The van der Waals surface area contributed by atoms with Gasteiger partial charge in [0.25, 0.3) is 0 Å². The molecule has 0 unspecified atom stereocenters. The second-order valence-corrected chi connectivity index (χ2v) is 8.12. The summed E-state index contributed by atoms with van der Waals surface area (Å²) in [6.45, 7) is 7.34. The van der Waals surface area contributed by atoms with Gasteiger partial charge < -0.3 is 9.80 Å². The van der Waals surface area contributed by atoms with Crippen LogP contribution >= 0.6 is 0 Å². The Morgan fingerprint density at radius 2 is 1.93 bits per heavy atom. The maximum Gasteiger partial charge on any atom is 0.222 e. The minimum absolute atomic E-state index is 0.150. The lowest BCUT2D eigenvalue weighted by Crippen LogP contribution is -2.54. The SMILES string of the molecule is Cc1ccc(N2CCC[C@@]3(CCC(=O)N(Cc4cnc(C)cn4)C3)C2)nc1. The molecule has 0 saturated carbocycles. The van der Waals surface area contributed by atoms with Gasteiger partial charge in [-0.25, -0.2) is 4.98 Å². The van der Waals surface area contributed by atoms with E-state index in [2.05, 4.69) is 38.9 Å². The smallest absolute Gasteiger partial charge is 0.222 e. The summed E-state index contributed by atoms with van der Waals surface area (Å²) < 4.78 is 0. The highest BCUT2D eigenvalue weighted by molar-refractivity contribution is 5.77. The molecule has 6 nitrogen and oxygen atoms in total. The van der Waals surface area contributed by atoms with Crippen molar-refractivity contribution in [3.8, 4) is 0 Å². The first-order chi connectivity index (χ1) is 13.0. The third-order valence-electron chi connectivity index (χ3n) is 5.82. The Morgan fingerprint density at radius 3 is 2.67 bits per heavy atom. The summed E-state index contributed by atoms with van der Waals surface area (Å²) in [5.41, 5.74) is 3.09. The fourth-order valence-corrected chi connectivity index (χ4v) is 4.33. The van der Waals surface area contributed by atoms with Crippen LogP contribution in [0.25, 0.3) is 0 Å². The first kappa shape index (κ1) is 17.9. The Balaban J connectivity index is 1.49. The van der Waals surface area contributed by atoms with E-state index in [4.69, 9.17) is 0 Å². The van der Waals surface area contributed by atoms with E-state index in [1.54, 1.807) is 12.4 Å². The number of amides is 1. The first-order valence-electron chi connectivity index (χ1n) is 9.76. The van der Waals surface area contributed by atoms with Gasteiger partial charge in [0.1, 0.15) is 5.82 Å². The number of likely N-dealkylation sites (tertiary alicyclic amines) is 1. The van der Waals surface area contributed by atoms with E-state index < -0.39 is 0 Å². The van der Waals surface area contributed by atoms with Crippen LogP contribution in [-0.2, 0) is 11.3 Å². The van der Waals surface area contributed by atoms with Gasteiger partial charge in [0.15, 0.2) is 0 Å². The van der Waals surface area contributed by atoms with E-state index in [1.807, 2.05) is 18.0 Å². The molecule has 0 radical (unpaired) electrons. The largest absolute Gasteiger partial charge is 0.356 e. The standard InChI is InChI=1S/C21H27N5O/c1-16-4-5-19(24-10-16)25-9-3-7-21(14-25)8-6-20(27)26(15-21)13-18-12-22-17(2)11-23-18/h4-5,10-12H,3,6-9,13-15H2,1-2H3/t21-/m1/s1. The zero-order valence-corrected chi connectivity index (χ0v) is 16.2. The van der Waals surface area contributed by atoms with Gasteiger partial charge in [0, 0.05) is 43.9 Å². The lowest BCUT2D eigenvalue weighted by atomic mass is 9.73. The molecular formula is C21H27N5O. The fourth-order valence-electron chi connectivity index (χ4n) is 4.33. The highest BCUT2D eigenvalue weighted by Gasteiger charge is 2.42. The van der Waals surface area contributed by atoms with Crippen molar-refractivity contribution in [3.63, 3.8) is 0 Å². The quantitative estimate of drug-likeness (QED) is 0.837. The van der Waals surface area contributed by atoms with Crippen molar-refractivity contribution in [3.05, 3.63) is 47.7 Å². The van der Waals surface area contributed by atoms with Crippen LogP contribution in [0.2, 0.25) is 0 Å². The molecule has 2 saturated heterocycles. The summed E-state index contributed by atoms with van der Waals surface area (Å²) in [4.78, 5) is 30.3. The second kappa shape index (κ2) is 7.25. The zero-order valence-electron chi connectivity index (χ0n) is 16.2. The molecule has 27 heavy (non-hydrogen) atoms. The Kier molecular flexibility index (Phi) is 4.81. The number of nitrogens with zero attached hydrogens (tertiary/aromatic N) is 5. The van der Waals surface area contributed by atoms with Gasteiger partial charge in [0.05, 0.1) is 24.1 Å². The number of pyridine rings is 1. The molecular weight excluding hydrogens is 338 g/mol.